The minimum atomic E-state index is -0.604. The van der Waals surface area contributed by atoms with Gasteiger partial charge in [-0.05, 0) is 44.4 Å². The van der Waals surface area contributed by atoms with E-state index in [2.05, 4.69) is 0 Å². The molecule has 2 saturated carbocycles. The zero-order chi connectivity index (χ0) is 15.6. The van der Waals surface area contributed by atoms with Crippen LogP contribution >= 0.6 is 0 Å². The van der Waals surface area contributed by atoms with Gasteiger partial charge < -0.3 is 23.7 Å². The topological polar surface area (TPSA) is 63.2 Å². The Morgan fingerprint density at radius 3 is 2.32 bits per heavy atom. The lowest BCUT2D eigenvalue weighted by Gasteiger charge is -2.13. The molecule has 2 rings (SSSR count). The highest BCUT2D eigenvalue weighted by Gasteiger charge is 2.23. The molecule has 0 N–H and O–H groups in total. The molecule has 0 heterocycles. The molecule has 128 valence electrons. The van der Waals surface area contributed by atoms with Crippen LogP contribution in [-0.4, -0.2) is 58.5 Å². The largest absolute Gasteiger partial charge is 0.508 e. The average molecular weight is 316 g/mol. The summed E-state index contributed by atoms with van der Waals surface area (Å²) in [4.78, 5) is 11.2. The van der Waals surface area contributed by atoms with Crippen molar-refractivity contribution in [3.63, 3.8) is 0 Å². The molecule has 1 atom stereocenters. The predicted octanol–water partition coefficient (Wildman–Crippen LogP) is 2.40. The van der Waals surface area contributed by atoms with Crippen LogP contribution in [-0.2, 0) is 23.7 Å². The van der Waals surface area contributed by atoms with E-state index in [1.165, 1.54) is 12.8 Å². The Labute approximate surface area is 132 Å². The summed E-state index contributed by atoms with van der Waals surface area (Å²) in [6.07, 6.45) is 4.28. The summed E-state index contributed by atoms with van der Waals surface area (Å²) in [6, 6.07) is 0. The SMILES string of the molecule is CC(COCCOCC1CC1)OCCOC(=O)OCC1CC1. The Kier molecular flexibility index (Phi) is 7.98. The fourth-order valence-electron chi connectivity index (χ4n) is 1.84. The third-order valence-electron chi connectivity index (χ3n) is 3.61. The minimum absolute atomic E-state index is 0.0329. The van der Waals surface area contributed by atoms with Crippen molar-refractivity contribution in [2.24, 2.45) is 11.8 Å². The molecular formula is C16H28O6. The van der Waals surface area contributed by atoms with Crippen LogP contribution in [0.25, 0.3) is 0 Å². The lowest BCUT2D eigenvalue weighted by molar-refractivity contribution is -0.0391. The van der Waals surface area contributed by atoms with Crippen molar-refractivity contribution in [2.45, 2.75) is 38.7 Å². The number of rotatable bonds is 13. The van der Waals surface area contributed by atoms with E-state index in [9.17, 15) is 4.79 Å². The number of carbonyl (C=O) groups is 1. The van der Waals surface area contributed by atoms with Crippen LogP contribution in [0.3, 0.4) is 0 Å². The molecule has 2 aliphatic carbocycles. The van der Waals surface area contributed by atoms with Gasteiger partial charge in [0.1, 0.15) is 6.61 Å². The van der Waals surface area contributed by atoms with Crippen molar-refractivity contribution >= 4 is 6.16 Å². The maximum atomic E-state index is 11.2. The third kappa shape index (κ3) is 9.23. The van der Waals surface area contributed by atoms with E-state index in [0.717, 1.165) is 25.4 Å². The molecule has 0 bridgehead atoms. The molecule has 6 nitrogen and oxygen atoms in total. The monoisotopic (exact) mass is 316 g/mol. The number of hydrogen-bond donors (Lipinski definition) is 0. The maximum absolute atomic E-state index is 11.2. The van der Waals surface area contributed by atoms with E-state index in [-0.39, 0.29) is 12.7 Å². The first-order valence-electron chi connectivity index (χ1n) is 8.30. The fourth-order valence-corrected chi connectivity index (χ4v) is 1.84. The Morgan fingerprint density at radius 2 is 1.59 bits per heavy atom. The molecule has 0 aromatic rings. The van der Waals surface area contributed by atoms with Crippen LogP contribution in [0.2, 0.25) is 0 Å². The second-order valence-corrected chi connectivity index (χ2v) is 6.13. The lowest BCUT2D eigenvalue weighted by atomic mass is 10.4. The first kappa shape index (κ1) is 17.5. The molecule has 22 heavy (non-hydrogen) atoms. The summed E-state index contributed by atoms with van der Waals surface area (Å²) in [5, 5.41) is 0. The highest BCUT2D eigenvalue weighted by atomic mass is 16.7. The van der Waals surface area contributed by atoms with Crippen molar-refractivity contribution in [1.29, 1.82) is 0 Å². The van der Waals surface area contributed by atoms with E-state index >= 15 is 0 Å². The van der Waals surface area contributed by atoms with Crippen molar-refractivity contribution in [3.8, 4) is 0 Å². The van der Waals surface area contributed by atoms with Gasteiger partial charge in [0.25, 0.3) is 0 Å². The summed E-state index contributed by atoms with van der Waals surface area (Å²) >= 11 is 0. The molecule has 2 fully saturated rings. The van der Waals surface area contributed by atoms with Crippen LogP contribution in [0.1, 0.15) is 32.6 Å². The fraction of sp³-hybridized carbons (Fsp3) is 0.938. The second kappa shape index (κ2) is 10.0. The van der Waals surface area contributed by atoms with Gasteiger partial charge >= 0.3 is 6.16 Å². The van der Waals surface area contributed by atoms with Gasteiger partial charge in [0.15, 0.2) is 0 Å². The van der Waals surface area contributed by atoms with E-state index in [0.29, 0.717) is 39.0 Å². The van der Waals surface area contributed by atoms with E-state index in [1.54, 1.807) is 0 Å². The van der Waals surface area contributed by atoms with Crippen molar-refractivity contribution < 1.29 is 28.5 Å². The molecule has 1 unspecified atom stereocenters. The highest BCUT2D eigenvalue weighted by Crippen LogP contribution is 2.29. The maximum Gasteiger partial charge on any atom is 0.508 e. The summed E-state index contributed by atoms with van der Waals surface area (Å²) < 4.78 is 26.3. The molecule has 0 aromatic carbocycles. The summed E-state index contributed by atoms with van der Waals surface area (Å²) in [5.74, 6) is 1.34. The first-order chi connectivity index (χ1) is 10.7. The summed E-state index contributed by atoms with van der Waals surface area (Å²) in [7, 11) is 0. The first-order valence-corrected chi connectivity index (χ1v) is 8.30. The van der Waals surface area contributed by atoms with Gasteiger partial charge in [0.05, 0.1) is 39.1 Å². The highest BCUT2D eigenvalue weighted by molar-refractivity contribution is 5.59. The van der Waals surface area contributed by atoms with Gasteiger partial charge in [0.2, 0.25) is 0 Å². The van der Waals surface area contributed by atoms with Crippen LogP contribution in [0.4, 0.5) is 4.79 Å². The molecular weight excluding hydrogens is 288 g/mol. The van der Waals surface area contributed by atoms with Crippen molar-refractivity contribution in [3.05, 3.63) is 0 Å². The molecule has 0 saturated heterocycles. The molecule has 0 amide bonds. The van der Waals surface area contributed by atoms with Crippen LogP contribution in [0.5, 0.6) is 0 Å². The molecule has 6 heteroatoms. The Bertz CT molecular complexity index is 314. The van der Waals surface area contributed by atoms with Gasteiger partial charge in [0, 0.05) is 6.61 Å². The van der Waals surface area contributed by atoms with Gasteiger partial charge in [-0.15, -0.1) is 0 Å². The third-order valence-corrected chi connectivity index (χ3v) is 3.61. The van der Waals surface area contributed by atoms with E-state index in [4.69, 9.17) is 23.7 Å². The normalized spacial score (nSPS) is 19.0. The van der Waals surface area contributed by atoms with E-state index < -0.39 is 6.16 Å². The number of hydrogen-bond acceptors (Lipinski definition) is 6. The van der Waals surface area contributed by atoms with Crippen LogP contribution in [0, 0.1) is 11.8 Å². The van der Waals surface area contributed by atoms with Crippen LogP contribution < -0.4 is 0 Å². The van der Waals surface area contributed by atoms with Gasteiger partial charge in [-0.2, -0.15) is 0 Å². The Morgan fingerprint density at radius 1 is 0.909 bits per heavy atom. The molecule has 0 radical (unpaired) electrons. The Balaban J connectivity index is 1.30. The van der Waals surface area contributed by atoms with E-state index in [1.807, 2.05) is 6.92 Å². The standard InChI is InChI=1S/C16H28O6/c1-13(10-18-6-7-19-11-14-2-3-14)20-8-9-21-16(17)22-12-15-4-5-15/h13-15H,2-12H2,1H3. The van der Waals surface area contributed by atoms with Crippen molar-refractivity contribution in [2.75, 3.05) is 46.2 Å². The van der Waals surface area contributed by atoms with Gasteiger partial charge in [-0.25, -0.2) is 4.79 Å². The zero-order valence-corrected chi connectivity index (χ0v) is 13.5. The number of carbonyl (C=O) groups excluding carboxylic acids is 1. The summed E-state index contributed by atoms with van der Waals surface area (Å²) in [5.41, 5.74) is 0. The predicted molar refractivity (Wildman–Crippen MR) is 79.8 cm³/mol. The Hall–Kier alpha value is -0.850. The second-order valence-electron chi connectivity index (χ2n) is 6.13. The molecule has 0 spiro atoms. The van der Waals surface area contributed by atoms with Crippen LogP contribution in [0.15, 0.2) is 0 Å². The minimum Gasteiger partial charge on any atom is -0.434 e. The quantitative estimate of drug-likeness (QED) is 0.384. The molecule has 0 aliphatic heterocycles. The zero-order valence-electron chi connectivity index (χ0n) is 13.5. The lowest BCUT2D eigenvalue weighted by Crippen LogP contribution is -2.21. The average Bonchev–Trinajstić information content (AvgIpc) is 3.38. The summed E-state index contributed by atoms with van der Waals surface area (Å²) in [6.45, 7) is 5.56. The van der Waals surface area contributed by atoms with Gasteiger partial charge in [-0.1, -0.05) is 0 Å². The van der Waals surface area contributed by atoms with Crippen molar-refractivity contribution in [1.82, 2.24) is 0 Å². The molecule has 2 aliphatic rings. The number of ether oxygens (including phenoxy) is 5. The molecule has 0 aromatic heterocycles. The smallest absolute Gasteiger partial charge is 0.434 e. The van der Waals surface area contributed by atoms with Gasteiger partial charge in [-0.3, -0.25) is 0 Å².